The quantitative estimate of drug-likeness (QED) is 0.895. The van der Waals surface area contributed by atoms with E-state index in [4.69, 9.17) is 4.74 Å². The molecule has 7 nitrogen and oxygen atoms in total. The highest BCUT2D eigenvalue weighted by Crippen LogP contribution is 2.23. The number of nitrogens with zero attached hydrogens (tertiary/aromatic N) is 3. The van der Waals surface area contributed by atoms with Crippen molar-refractivity contribution in [2.24, 2.45) is 0 Å². The lowest BCUT2D eigenvalue weighted by Gasteiger charge is -2.32. The van der Waals surface area contributed by atoms with Crippen LogP contribution < -0.4 is 10.2 Å². The maximum atomic E-state index is 11.9. The van der Waals surface area contributed by atoms with Gasteiger partial charge in [-0.2, -0.15) is 5.10 Å². The zero-order valence-corrected chi connectivity index (χ0v) is 15.0. The Morgan fingerprint density at radius 3 is 2.76 bits per heavy atom. The fourth-order valence-corrected chi connectivity index (χ4v) is 2.87. The van der Waals surface area contributed by atoms with E-state index in [0.29, 0.717) is 0 Å². The highest BCUT2D eigenvalue weighted by atomic mass is 16.6. The zero-order valence-electron chi connectivity index (χ0n) is 15.0. The van der Waals surface area contributed by atoms with E-state index in [9.17, 15) is 4.79 Å². The molecule has 0 aliphatic carbocycles. The van der Waals surface area contributed by atoms with E-state index >= 15 is 0 Å². The lowest BCUT2D eigenvalue weighted by molar-refractivity contribution is 0.0497. The number of aromatic amines is 1. The van der Waals surface area contributed by atoms with Gasteiger partial charge in [-0.05, 0) is 45.7 Å². The zero-order chi connectivity index (χ0) is 17.9. The molecule has 25 heavy (non-hydrogen) atoms. The first kappa shape index (κ1) is 17.3. The fourth-order valence-electron chi connectivity index (χ4n) is 2.87. The van der Waals surface area contributed by atoms with Crippen LogP contribution in [-0.2, 0) is 4.74 Å². The predicted molar refractivity (Wildman–Crippen MR) is 96.4 cm³/mol. The number of pyridine rings is 1. The van der Waals surface area contributed by atoms with Gasteiger partial charge in [-0.15, -0.1) is 0 Å². The molecule has 0 saturated carbocycles. The molecule has 1 saturated heterocycles. The van der Waals surface area contributed by atoms with Gasteiger partial charge in [0.2, 0.25) is 0 Å². The molecule has 2 N–H and O–H groups in total. The number of carbonyl (C=O) groups is 1. The van der Waals surface area contributed by atoms with Gasteiger partial charge in [0, 0.05) is 43.2 Å². The summed E-state index contributed by atoms with van der Waals surface area (Å²) in [5.41, 5.74) is 1.50. The highest BCUT2D eigenvalue weighted by Gasteiger charge is 2.24. The van der Waals surface area contributed by atoms with Gasteiger partial charge in [-0.1, -0.05) is 0 Å². The number of aromatic nitrogens is 3. The van der Waals surface area contributed by atoms with Gasteiger partial charge in [-0.25, -0.2) is 4.79 Å². The second kappa shape index (κ2) is 7.13. The van der Waals surface area contributed by atoms with Crippen LogP contribution in [0.5, 0.6) is 0 Å². The molecule has 0 unspecified atom stereocenters. The topological polar surface area (TPSA) is 83.1 Å². The molecule has 2 aromatic heterocycles. The van der Waals surface area contributed by atoms with Crippen LogP contribution >= 0.6 is 0 Å². The summed E-state index contributed by atoms with van der Waals surface area (Å²) in [5, 5.41) is 10.4. The molecular weight excluding hydrogens is 318 g/mol. The Morgan fingerprint density at radius 1 is 1.36 bits per heavy atom. The maximum absolute atomic E-state index is 11.9. The Kier molecular flexibility index (Phi) is 4.92. The third-order valence-electron chi connectivity index (χ3n) is 4.08. The minimum absolute atomic E-state index is 0.142. The Balaban J connectivity index is 1.53. The van der Waals surface area contributed by atoms with Crippen LogP contribution in [0, 0.1) is 0 Å². The Bertz CT molecular complexity index is 700. The van der Waals surface area contributed by atoms with Gasteiger partial charge in [0.15, 0.2) is 5.82 Å². The van der Waals surface area contributed by atoms with E-state index in [1.54, 1.807) is 6.20 Å². The normalized spacial score (nSPS) is 15.9. The number of alkyl carbamates (subject to hydrolysis) is 1. The van der Waals surface area contributed by atoms with Crippen molar-refractivity contribution in [3.63, 3.8) is 0 Å². The predicted octanol–water partition coefficient (Wildman–Crippen LogP) is 2.97. The number of amides is 1. The van der Waals surface area contributed by atoms with E-state index in [1.807, 2.05) is 45.2 Å². The molecular formula is C18H25N5O2. The van der Waals surface area contributed by atoms with E-state index in [1.165, 1.54) is 0 Å². The van der Waals surface area contributed by atoms with Crippen molar-refractivity contribution in [3.8, 4) is 11.3 Å². The molecule has 3 heterocycles. The van der Waals surface area contributed by atoms with Gasteiger partial charge in [0.25, 0.3) is 0 Å². The number of carbonyl (C=O) groups excluding carboxylic acids is 1. The van der Waals surface area contributed by atoms with Gasteiger partial charge in [0.1, 0.15) is 5.60 Å². The van der Waals surface area contributed by atoms with Crippen LogP contribution in [-0.4, -0.2) is 46.0 Å². The minimum atomic E-state index is -0.470. The van der Waals surface area contributed by atoms with Crippen molar-refractivity contribution in [1.82, 2.24) is 20.5 Å². The number of piperidine rings is 1. The first-order chi connectivity index (χ1) is 11.9. The number of rotatable bonds is 3. The highest BCUT2D eigenvalue weighted by molar-refractivity contribution is 5.68. The van der Waals surface area contributed by atoms with Crippen molar-refractivity contribution in [2.75, 3.05) is 18.0 Å². The van der Waals surface area contributed by atoms with Crippen molar-refractivity contribution in [1.29, 1.82) is 0 Å². The number of anilines is 1. The summed E-state index contributed by atoms with van der Waals surface area (Å²) in [6, 6.07) is 6.09. The van der Waals surface area contributed by atoms with Crippen molar-refractivity contribution in [2.45, 2.75) is 45.3 Å². The molecule has 1 fully saturated rings. The second-order valence-electron chi connectivity index (χ2n) is 7.29. The summed E-state index contributed by atoms with van der Waals surface area (Å²) in [7, 11) is 0. The molecule has 0 bridgehead atoms. The molecule has 2 aromatic rings. The SMILES string of the molecule is CC(C)(C)OC(=O)NC1CCN(c2cc(-c3cccnc3)[nH]n2)CC1. The summed E-state index contributed by atoms with van der Waals surface area (Å²) in [4.78, 5) is 18.2. The molecule has 0 spiro atoms. The summed E-state index contributed by atoms with van der Waals surface area (Å²) in [6.07, 6.45) is 4.96. The van der Waals surface area contributed by atoms with E-state index in [2.05, 4.69) is 25.4 Å². The van der Waals surface area contributed by atoms with Crippen LogP contribution in [0.2, 0.25) is 0 Å². The number of H-pyrrole nitrogens is 1. The molecule has 1 aliphatic rings. The Labute approximate surface area is 147 Å². The Morgan fingerprint density at radius 2 is 2.12 bits per heavy atom. The average molecular weight is 343 g/mol. The maximum Gasteiger partial charge on any atom is 0.407 e. The molecule has 7 heteroatoms. The number of hydrogen-bond donors (Lipinski definition) is 2. The third kappa shape index (κ3) is 4.71. The van der Waals surface area contributed by atoms with E-state index < -0.39 is 5.60 Å². The van der Waals surface area contributed by atoms with Crippen molar-refractivity contribution in [3.05, 3.63) is 30.6 Å². The number of hydrogen-bond acceptors (Lipinski definition) is 5. The van der Waals surface area contributed by atoms with Crippen LogP contribution in [0.25, 0.3) is 11.3 Å². The lowest BCUT2D eigenvalue weighted by atomic mass is 10.1. The van der Waals surface area contributed by atoms with Crippen molar-refractivity contribution < 1.29 is 9.53 Å². The molecule has 0 radical (unpaired) electrons. The summed E-state index contributed by atoms with van der Waals surface area (Å²) >= 11 is 0. The summed E-state index contributed by atoms with van der Waals surface area (Å²) in [5.74, 6) is 0.926. The van der Waals surface area contributed by atoms with Crippen molar-refractivity contribution >= 4 is 11.9 Å². The lowest BCUT2D eigenvalue weighted by Crippen LogP contribution is -2.46. The van der Waals surface area contributed by atoms with Gasteiger partial charge in [-0.3, -0.25) is 10.1 Å². The molecule has 3 rings (SSSR count). The smallest absolute Gasteiger partial charge is 0.407 e. The van der Waals surface area contributed by atoms with Crippen LogP contribution in [0.3, 0.4) is 0 Å². The Hall–Kier alpha value is -2.57. The third-order valence-corrected chi connectivity index (χ3v) is 4.08. The van der Waals surface area contributed by atoms with Gasteiger partial charge >= 0.3 is 6.09 Å². The van der Waals surface area contributed by atoms with E-state index in [-0.39, 0.29) is 12.1 Å². The van der Waals surface area contributed by atoms with Crippen LogP contribution in [0.15, 0.2) is 30.6 Å². The van der Waals surface area contributed by atoms with Gasteiger partial charge < -0.3 is 15.0 Å². The summed E-state index contributed by atoms with van der Waals surface area (Å²) in [6.45, 7) is 7.29. The average Bonchev–Trinajstić information content (AvgIpc) is 3.04. The molecule has 0 atom stereocenters. The van der Waals surface area contributed by atoms with E-state index in [0.717, 1.165) is 43.0 Å². The molecule has 134 valence electrons. The molecule has 1 aliphatic heterocycles. The standard InChI is InChI=1S/C18H25N5O2/c1-18(2,3)25-17(24)20-14-6-9-23(10-7-14)16-11-15(21-22-16)13-5-4-8-19-12-13/h4-5,8,11-12,14H,6-7,9-10H2,1-3H3,(H,20,24)(H,21,22). The number of ether oxygens (including phenoxy) is 1. The second-order valence-corrected chi connectivity index (χ2v) is 7.29. The largest absolute Gasteiger partial charge is 0.444 e. The van der Waals surface area contributed by atoms with Crippen LogP contribution in [0.4, 0.5) is 10.6 Å². The number of nitrogens with one attached hydrogen (secondary N) is 2. The summed E-state index contributed by atoms with van der Waals surface area (Å²) < 4.78 is 5.32. The molecule has 1 amide bonds. The van der Waals surface area contributed by atoms with Gasteiger partial charge in [0.05, 0.1) is 5.69 Å². The first-order valence-electron chi connectivity index (χ1n) is 8.61. The monoisotopic (exact) mass is 343 g/mol. The molecule has 0 aromatic carbocycles. The minimum Gasteiger partial charge on any atom is -0.444 e. The fraction of sp³-hybridized carbons (Fsp3) is 0.500. The van der Waals surface area contributed by atoms with Crippen LogP contribution in [0.1, 0.15) is 33.6 Å². The first-order valence-corrected chi connectivity index (χ1v) is 8.61.